The number of nitrogens with zero attached hydrogens (tertiary/aromatic N) is 6. The number of fused-ring (bicyclic) bond motifs is 1. The van der Waals surface area contributed by atoms with Gasteiger partial charge in [-0.1, -0.05) is 27.7 Å². The molecule has 3 heterocycles. The van der Waals surface area contributed by atoms with Gasteiger partial charge in [-0.15, -0.1) is 0 Å². The van der Waals surface area contributed by atoms with Gasteiger partial charge in [-0.05, 0) is 81.6 Å². The number of rotatable bonds is 10. The van der Waals surface area contributed by atoms with Crippen molar-refractivity contribution in [1.82, 2.24) is 15.0 Å². The van der Waals surface area contributed by atoms with Crippen molar-refractivity contribution < 1.29 is 18.7 Å². The molecule has 11 nitrogen and oxygen atoms in total. The van der Waals surface area contributed by atoms with Gasteiger partial charge in [0.05, 0.1) is 33.9 Å². The molecule has 1 aromatic carbocycles. The van der Waals surface area contributed by atoms with Crippen LogP contribution in [0.5, 0.6) is 0 Å². The van der Waals surface area contributed by atoms with Gasteiger partial charge in [-0.2, -0.15) is 10.5 Å². The molecular weight excluding hydrogens is 623 g/mol. The molecule has 0 radical (unpaired) electrons. The van der Waals surface area contributed by atoms with Gasteiger partial charge in [-0.3, -0.25) is 9.88 Å². The van der Waals surface area contributed by atoms with Crippen LogP contribution in [0.1, 0.15) is 77.3 Å². The number of hydrogen-bond acceptors (Lipinski definition) is 10. The number of aryl methyl sites for hydroxylation is 1. The molecule has 0 aliphatic carbocycles. The van der Waals surface area contributed by atoms with E-state index in [2.05, 4.69) is 68.2 Å². The number of nitrogens with one attached hydrogen (secondary N) is 1. The fourth-order valence-corrected chi connectivity index (χ4v) is 6.34. The van der Waals surface area contributed by atoms with Crippen LogP contribution in [0.4, 0.5) is 22.1 Å². The average molecular weight is 670 g/mol. The predicted molar refractivity (Wildman–Crippen MR) is 189 cm³/mol. The molecular formula is C36H47N7O4Si. The van der Waals surface area contributed by atoms with Crippen molar-refractivity contribution >= 4 is 31.7 Å². The second-order valence-corrected chi connectivity index (χ2v) is 19.8. The molecule has 0 saturated carbocycles. The van der Waals surface area contributed by atoms with Gasteiger partial charge < -0.3 is 19.2 Å². The van der Waals surface area contributed by atoms with Crippen molar-refractivity contribution in [2.75, 3.05) is 37.1 Å². The summed E-state index contributed by atoms with van der Waals surface area (Å²) in [5.74, 6) is 0.316. The Morgan fingerprint density at radius 1 is 1.10 bits per heavy atom. The third-order valence-electron chi connectivity index (χ3n) is 8.89. The molecule has 0 unspecified atom stereocenters. The van der Waals surface area contributed by atoms with Crippen molar-refractivity contribution in [3.63, 3.8) is 0 Å². The maximum absolute atomic E-state index is 13.6. The smallest absolute Gasteiger partial charge is 0.414 e. The topological polar surface area (TPSA) is 146 Å². The zero-order valence-corrected chi connectivity index (χ0v) is 30.8. The molecule has 0 saturated heterocycles. The number of pyridine rings is 1. The molecule has 0 bridgehead atoms. The predicted octanol–water partition coefficient (Wildman–Crippen LogP) is 7.64. The Labute approximate surface area is 285 Å². The highest BCUT2D eigenvalue weighted by molar-refractivity contribution is 6.74. The molecule has 254 valence electrons. The third kappa shape index (κ3) is 8.19. The molecule has 1 aliphatic heterocycles. The first kappa shape index (κ1) is 36.5. The summed E-state index contributed by atoms with van der Waals surface area (Å²) in [7, 11) is -0.502. The minimum atomic E-state index is -2.16. The number of methoxy groups -OCH3 is 1. The standard InChI is InChI=1S/C36H47N7O4Si/c1-34(2,3)47-33(44)43-22-36(7,23-46-48(9,10)35(4,5)6)27-18-25(17-26(20-38)31(27)43)28-13-14-39-32(41-28)42-30-16-24(19-37)21-40-29(30)12-11-15-45-8/h13-14,16-18,21H,11-12,15,22-23H2,1-10H3,(H,39,41,42)/t36-/m1/s1. The molecule has 0 fully saturated rings. The van der Waals surface area contributed by atoms with Gasteiger partial charge in [0.15, 0.2) is 8.32 Å². The van der Waals surface area contributed by atoms with Crippen LogP contribution in [0.25, 0.3) is 11.3 Å². The fourth-order valence-electron chi connectivity index (χ4n) is 5.23. The van der Waals surface area contributed by atoms with Gasteiger partial charge in [-0.25, -0.2) is 14.8 Å². The lowest BCUT2D eigenvalue weighted by Gasteiger charge is -2.39. The summed E-state index contributed by atoms with van der Waals surface area (Å²) < 4.78 is 17.7. The van der Waals surface area contributed by atoms with E-state index in [1.807, 2.05) is 26.8 Å². The van der Waals surface area contributed by atoms with E-state index in [0.29, 0.717) is 65.9 Å². The van der Waals surface area contributed by atoms with Crippen LogP contribution < -0.4 is 10.2 Å². The molecule has 1 aliphatic rings. The summed E-state index contributed by atoms with van der Waals surface area (Å²) in [5, 5.41) is 23.2. The number of carbonyl (C=O) groups is 1. The minimum absolute atomic E-state index is 0.00834. The number of hydrogen-bond donors (Lipinski definition) is 1. The van der Waals surface area contributed by atoms with E-state index in [1.165, 1.54) is 0 Å². The van der Waals surface area contributed by atoms with Gasteiger partial charge in [0, 0.05) is 50.2 Å². The molecule has 2 aromatic heterocycles. The van der Waals surface area contributed by atoms with E-state index in [-0.39, 0.29) is 5.04 Å². The van der Waals surface area contributed by atoms with Crippen LogP contribution in [0.3, 0.4) is 0 Å². The van der Waals surface area contributed by atoms with Crippen LogP contribution in [-0.4, -0.2) is 61.8 Å². The van der Waals surface area contributed by atoms with Crippen LogP contribution in [0.15, 0.2) is 36.7 Å². The van der Waals surface area contributed by atoms with E-state index >= 15 is 0 Å². The lowest BCUT2D eigenvalue weighted by molar-refractivity contribution is 0.0575. The first-order chi connectivity index (χ1) is 22.4. The van der Waals surface area contributed by atoms with Crippen LogP contribution in [0, 0.1) is 22.7 Å². The van der Waals surface area contributed by atoms with E-state index in [4.69, 9.17) is 18.9 Å². The minimum Gasteiger partial charge on any atom is -0.443 e. The molecule has 3 aromatic rings. The molecule has 1 atom stereocenters. The number of nitriles is 2. The highest BCUT2D eigenvalue weighted by Gasteiger charge is 2.47. The second kappa shape index (κ2) is 14.0. The Kier molecular flexibility index (Phi) is 10.6. The van der Waals surface area contributed by atoms with Crippen molar-refractivity contribution in [3.05, 3.63) is 59.0 Å². The Morgan fingerprint density at radius 3 is 2.46 bits per heavy atom. The van der Waals surface area contributed by atoms with Gasteiger partial charge in [0.2, 0.25) is 5.95 Å². The number of carbonyl (C=O) groups excluding carboxylic acids is 1. The molecule has 4 rings (SSSR count). The van der Waals surface area contributed by atoms with E-state index in [9.17, 15) is 15.3 Å². The Morgan fingerprint density at radius 2 is 1.83 bits per heavy atom. The number of anilines is 3. The Hall–Kier alpha value is -4.36. The SMILES string of the molecule is COCCCc1ncc(C#N)cc1Nc1nccc(-c2cc(C#N)c3c(c2)[C@@](C)(CO[Si](C)(C)C(C)(C)C)CN3C(=O)OC(C)(C)C)n1. The van der Waals surface area contributed by atoms with Gasteiger partial charge >= 0.3 is 6.09 Å². The fraction of sp³-hybridized carbons (Fsp3) is 0.500. The molecule has 12 heteroatoms. The van der Waals surface area contributed by atoms with Crippen LogP contribution in [0.2, 0.25) is 18.1 Å². The summed E-state index contributed by atoms with van der Waals surface area (Å²) in [5.41, 5.74) is 3.45. The number of aromatic nitrogens is 3. The van der Waals surface area contributed by atoms with Gasteiger partial charge in [0.1, 0.15) is 17.7 Å². The van der Waals surface area contributed by atoms with Crippen LogP contribution in [-0.2, 0) is 25.7 Å². The number of ether oxygens (including phenoxy) is 2. The monoisotopic (exact) mass is 669 g/mol. The van der Waals surface area contributed by atoms with E-state index < -0.39 is 25.4 Å². The molecule has 48 heavy (non-hydrogen) atoms. The summed E-state index contributed by atoms with van der Waals surface area (Å²) in [4.78, 5) is 28.9. The molecule has 0 spiro atoms. The van der Waals surface area contributed by atoms with Crippen molar-refractivity contribution in [1.29, 1.82) is 10.5 Å². The van der Waals surface area contributed by atoms with E-state index in [0.717, 1.165) is 17.7 Å². The largest absolute Gasteiger partial charge is 0.443 e. The lowest BCUT2D eigenvalue weighted by Crippen LogP contribution is -2.46. The third-order valence-corrected chi connectivity index (χ3v) is 13.4. The van der Waals surface area contributed by atoms with Crippen LogP contribution >= 0.6 is 0 Å². The van der Waals surface area contributed by atoms with Gasteiger partial charge in [0.25, 0.3) is 0 Å². The quantitative estimate of drug-likeness (QED) is 0.169. The van der Waals surface area contributed by atoms with Crippen molar-refractivity contribution in [3.8, 4) is 23.4 Å². The Bertz CT molecular complexity index is 1750. The molecule has 1 amide bonds. The van der Waals surface area contributed by atoms with E-state index in [1.54, 1.807) is 42.6 Å². The zero-order chi connectivity index (χ0) is 35.5. The summed E-state index contributed by atoms with van der Waals surface area (Å²) in [6.07, 6.45) is 4.08. The number of amides is 1. The van der Waals surface area contributed by atoms with Crippen molar-refractivity contribution in [2.24, 2.45) is 0 Å². The lowest BCUT2D eigenvalue weighted by atomic mass is 9.83. The zero-order valence-electron chi connectivity index (χ0n) is 29.8. The maximum atomic E-state index is 13.6. The first-order valence-electron chi connectivity index (χ1n) is 16.1. The Balaban J connectivity index is 1.78. The molecule has 1 N–H and O–H groups in total. The normalized spacial score (nSPS) is 16.2. The van der Waals surface area contributed by atoms with Crippen molar-refractivity contribution in [2.45, 2.75) is 90.5 Å². The maximum Gasteiger partial charge on any atom is 0.414 e. The summed E-state index contributed by atoms with van der Waals surface area (Å²) in [6, 6.07) is 11.7. The highest BCUT2D eigenvalue weighted by Crippen LogP contribution is 2.47. The first-order valence-corrected chi connectivity index (χ1v) is 19.0. The summed E-state index contributed by atoms with van der Waals surface area (Å²) in [6.45, 7) is 19.8. The average Bonchev–Trinajstić information content (AvgIpc) is 3.32. The summed E-state index contributed by atoms with van der Waals surface area (Å²) >= 11 is 0. The number of benzene rings is 1. The second-order valence-electron chi connectivity index (χ2n) is 15.0. The highest BCUT2D eigenvalue weighted by atomic mass is 28.4.